The molecule has 36 heavy (non-hydrogen) atoms. The maximum absolute atomic E-state index is 12.9. The maximum Gasteiger partial charge on any atom is 0.332 e. The Morgan fingerprint density at radius 2 is 1.69 bits per heavy atom. The van der Waals surface area contributed by atoms with Crippen molar-refractivity contribution in [1.82, 2.24) is 10.5 Å². The second-order valence-electron chi connectivity index (χ2n) is 8.23. The third-order valence-electron chi connectivity index (χ3n) is 5.60. The summed E-state index contributed by atoms with van der Waals surface area (Å²) in [7, 11) is 0. The molecule has 1 amide bonds. The van der Waals surface area contributed by atoms with E-state index in [0.29, 0.717) is 27.8 Å². The fourth-order valence-electron chi connectivity index (χ4n) is 3.78. The third-order valence-corrected chi connectivity index (χ3v) is 6.17. The van der Waals surface area contributed by atoms with E-state index in [9.17, 15) is 19.8 Å². The van der Waals surface area contributed by atoms with Crippen LogP contribution in [0.1, 0.15) is 22.5 Å². The second-order valence-corrected chi connectivity index (χ2v) is 9.07. The number of benzene rings is 3. The zero-order valence-corrected chi connectivity index (χ0v) is 20.4. The van der Waals surface area contributed by atoms with Gasteiger partial charge in [0.05, 0.1) is 5.02 Å². The van der Waals surface area contributed by atoms with E-state index in [1.54, 1.807) is 30.3 Å². The van der Waals surface area contributed by atoms with Crippen molar-refractivity contribution in [3.05, 3.63) is 100 Å². The van der Waals surface area contributed by atoms with Gasteiger partial charge in [-0.3, -0.25) is 4.79 Å². The van der Waals surface area contributed by atoms with Crippen LogP contribution in [-0.2, 0) is 11.2 Å². The first kappa shape index (κ1) is 25.4. The van der Waals surface area contributed by atoms with Crippen molar-refractivity contribution < 1.29 is 24.3 Å². The standard InChI is InChI=1S/C27H22Cl2N2O5/c28-19-5-3-4-18(13-19)17-10-8-16(9-11-17)12-20(14-24(32)27(34)35)30-26(33)23-15-25(36-31-23)21-6-1-2-7-22(21)29/h1-11,13,15,20,24,32H,12,14H2,(H,30,33)(H,34,35)/t20-,24-/m1/s1. The van der Waals surface area contributed by atoms with Gasteiger partial charge in [0.1, 0.15) is 0 Å². The SMILES string of the molecule is O=C(N[C@H](Cc1ccc(-c2cccc(Cl)c2)cc1)C[C@@H](O)C(=O)O)c1cc(-c2ccccc2Cl)on1. The number of aliphatic hydroxyl groups excluding tert-OH is 1. The summed E-state index contributed by atoms with van der Waals surface area (Å²) in [5.74, 6) is -1.60. The lowest BCUT2D eigenvalue weighted by atomic mass is 9.97. The Balaban J connectivity index is 1.50. The lowest BCUT2D eigenvalue weighted by Gasteiger charge is -2.20. The van der Waals surface area contributed by atoms with Gasteiger partial charge in [-0.1, -0.05) is 76.9 Å². The molecule has 0 unspecified atom stereocenters. The van der Waals surface area contributed by atoms with Crippen LogP contribution in [0.3, 0.4) is 0 Å². The van der Waals surface area contributed by atoms with Crippen molar-refractivity contribution in [2.75, 3.05) is 0 Å². The van der Waals surface area contributed by atoms with Gasteiger partial charge in [0.25, 0.3) is 5.91 Å². The number of carbonyl (C=O) groups is 2. The van der Waals surface area contributed by atoms with E-state index in [2.05, 4.69) is 10.5 Å². The Morgan fingerprint density at radius 1 is 0.944 bits per heavy atom. The Kier molecular flexibility index (Phi) is 8.05. The number of aliphatic carboxylic acids is 1. The van der Waals surface area contributed by atoms with Crippen LogP contribution in [-0.4, -0.2) is 39.4 Å². The highest BCUT2D eigenvalue weighted by Gasteiger charge is 2.24. The van der Waals surface area contributed by atoms with E-state index in [-0.39, 0.29) is 12.1 Å². The van der Waals surface area contributed by atoms with Crippen molar-refractivity contribution in [1.29, 1.82) is 0 Å². The Hall–Kier alpha value is -3.65. The summed E-state index contributed by atoms with van der Waals surface area (Å²) >= 11 is 12.3. The van der Waals surface area contributed by atoms with E-state index in [1.807, 2.05) is 42.5 Å². The van der Waals surface area contributed by atoms with Gasteiger partial charge in [-0.2, -0.15) is 0 Å². The van der Waals surface area contributed by atoms with Crippen molar-refractivity contribution in [2.24, 2.45) is 0 Å². The molecule has 0 radical (unpaired) electrons. The molecular weight excluding hydrogens is 503 g/mol. The van der Waals surface area contributed by atoms with Crippen LogP contribution in [0.4, 0.5) is 0 Å². The van der Waals surface area contributed by atoms with Gasteiger partial charge in [-0.05, 0) is 47.4 Å². The smallest absolute Gasteiger partial charge is 0.332 e. The van der Waals surface area contributed by atoms with Crippen molar-refractivity contribution in [3.8, 4) is 22.5 Å². The molecule has 0 fully saturated rings. The topological polar surface area (TPSA) is 113 Å². The van der Waals surface area contributed by atoms with Crippen LogP contribution < -0.4 is 5.32 Å². The summed E-state index contributed by atoms with van der Waals surface area (Å²) < 4.78 is 5.29. The van der Waals surface area contributed by atoms with Crippen LogP contribution in [0.15, 0.2) is 83.4 Å². The molecule has 0 aliphatic carbocycles. The number of carboxylic acids is 1. The monoisotopic (exact) mass is 524 g/mol. The predicted molar refractivity (Wildman–Crippen MR) is 137 cm³/mol. The first-order valence-electron chi connectivity index (χ1n) is 11.1. The van der Waals surface area contributed by atoms with Crippen LogP contribution in [0, 0.1) is 0 Å². The molecule has 3 aromatic carbocycles. The van der Waals surface area contributed by atoms with Gasteiger partial charge in [-0.25, -0.2) is 4.79 Å². The number of amides is 1. The molecule has 1 heterocycles. The largest absolute Gasteiger partial charge is 0.479 e. The highest BCUT2D eigenvalue weighted by Crippen LogP contribution is 2.28. The summed E-state index contributed by atoms with van der Waals surface area (Å²) in [6, 6.07) is 22.8. The molecule has 4 rings (SSSR count). The lowest BCUT2D eigenvalue weighted by molar-refractivity contribution is -0.147. The second kappa shape index (κ2) is 11.4. The highest BCUT2D eigenvalue weighted by atomic mass is 35.5. The molecule has 0 saturated heterocycles. The number of halogens is 2. The highest BCUT2D eigenvalue weighted by molar-refractivity contribution is 6.33. The fraction of sp³-hybridized carbons (Fsp3) is 0.148. The van der Waals surface area contributed by atoms with Gasteiger partial charge < -0.3 is 20.1 Å². The molecular formula is C27H22Cl2N2O5. The minimum atomic E-state index is -1.64. The lowest BCUT2D eigenvalue weighted by Crippen LogP contribution is -2.40. The van der Waals surface area contributed by atoms with Gasteiger partial charge in [-0.15, -0.1) is 0 Å². The average Bonchev–Trinajstić information content (AvgIpc) is 3.35. The molecule has 0 aliphatic rings. The Labute approximate surface area is 217 Å². The molecule has 9 heteroatoms. The van der Waals surface area contributed by atoms with Gasteiger partial charge in [0.15, 0.2) is 17.6 Å². The number of carbonyl (C=O) groups excluding carboxylic acids is 1. The van der Waals surface area contributed by atoms with Crippen molar-refractivity contribution in [3.63, 3.8) is 0 Å². The molecule has 2 atom stereocenters. The summed E-state index contributed by atoms with van der Waals surface area (Å²) in [5.41, 5.74) is 3.36. The number of carboxylic acid groups (broad SMARTS) is 1. The molecule has 1 aromatic heterocycles. The molecule has 0 spiro atoms. The molecule has 7 nitrogen and oxygen atoms in total. The van der Waals surface area contributed by atoms with Gasteiger partial charge in [0, 0.05) is 29.1 Å². The molecule has 3 N–H and O–H groups in total. The van der Waals surface area contributed by atoms with Crippen molar-refractivity contribution in [2.45, 2.75) is 25.0 Å². The summed E-state index contributed by atoms with van der Waals surface area (Å²) in [6.07, 6.45) is -1.54. The molecule has 4 aromatic rings. The molecule has 0 bridgehead atoms. The molecule has 184 valence electrons. The molecule has 0 saturated carbocycles. The van der Waals surface area contributed by atoms with E-state index < -0.39 is 24.0 Å². The first-order chi connectivity index (χ1) is 17.3. The summed E-state index contributed by atoms with van der Waals surface area (Å²) in [6.45, 7) is 0. The quantitative estimate of drug-likeness (QED) is 0.266. The number of rotatable bonds is 9. The number of aliphatic hydroxyl groups is 1. The Morgan fingerprint density at radius 3 is 2.39 bits per heavy atom. The number of nitrogens with zero attached hydrogens (tertiary/aromatic N) is 1. The van der Waals surface area contributed by atoms with Gasteiger partial charge >= 0.3 is 5.97 Å². The average molecular weight is 525 g/mol. The number of hydrogen-bond donors (Lipinski definition) is 3. The summed E-state index contributed by atoms with van der Waals surface area (Å²) in [4.78, 5) is 24.1. The number of aromatic nitrogens is 1. The zero-order valence-electron chi connectivity index (χ0n) is 18.9. The minimum absolute atomic E-state index is 0.0102. The normalized spacial score (nSPS) is 12.6. The number of nitrogens with one attached hydrogen (secondary N) is 1. The zero-order chi connectivity index (χ0) is 25.7. The van der Waals surface area contributed by atoms with E-state index >= 15 is 0 Å². The summed E-state index contributed by atoms with van der Waals surface area (Å²) in [5, 5.41) is 26.8. The van der Waals surface area contributed by atoms with Crippen LogP contribution in [0.2, 0.25) is 10.0 Å². The van der Waals surface area contributed by atoms with Gasteiger partial charge in [0.2, 0.25) is 0 Å². The van der Waals surface area contributed by atoms with E-state index in [0.717, 1.165) is 16.7 Å². The number of hydrogen-bond acceptors (Lipinski definition) is 5. The fourth-order valence-corrected chi connectivity index (χ4v) is 4.20. The van der Waals surface area contributed by atoms with E-state index in [4.69, 9.17) is 27.7 Å². The minimum Gasteiger partial charge on any atom is -0.479 e. The van der Waals surface area contributed by atoms with Crippen LogP contribution in [0.5, 0.6) is 0 Å². The first-order valence-corrected chi connectivity index (χ1v) is 11.8. The van der Waals surface area contributed by atoms with Crippen molar-refractivity contribution >= 4 is 35.1 Å². The Bertz CT molecular complexity index is 1370. The van der Waals surface area contributed by atoms with E-state index in [1.165, 1.54) is 6.07 Å². The predicted octanol–water partition coefficient (Wildman–Crippen LogP) is 5.49. The molecule has 0 aliphatic heterocycles. The van der Waals surface area contributed by atoms with Crippen LogP contribution >= 0.6 is 23.2 Å². The maximum atomic E-state index is 12.9. The van der Waals surface area contributed by atoms with Crippen LogP contribution in [0.25, 0.3) is 22.5 Å². The third kappa shape index (κ3) is 6.31.